The average Bonchev–Trinajstić information content (AvgIpc) is 3.14. The van der Waals surface area contributed by atoms with Gasteiger partial charge in [0.25, 0.3) is 11.7 Å². The molecule has 1 atom stereocenters. The summed E-state index contributed by atoms with van der Waals surface area (Å²) in [6, 6.07) is 18.6. The molecule has 3 aromatic rings. The molecule has 1 aliphatic heterocycles. The van der Waals surface area contributed by atoms with Crippen LogP contribution in [0, 0.1) is 0 Å². The fourth-order valence-corrected chi connectivity index (χ4v) is 4.60. The van der Waals surface area contributed by atoms with Crippen molar-refractivity contribution in [3.63, 3.8) is 0 Å². The summed E-state index contributed by atoms with van der Waals surface area (Å²) in [7, 11) is 1.49. The van der Waals surface area contributed by atoms with E-state index in [2.05, 4.69) is 13.8 Å². The molecule has 1 unspecified atom stereocenters. The maximum atomic E-state index is 13.4. The maximum absolute atomic E-state index is 13.4. The van der Waals surface area contributed by atoms with Gasteiger partial charge in [0, 0.05) is 11.3 Å². The summed E-state index contributed by atoms with van der Waals surface area (Å²) in [4.78, 5) is 28.3. The van der Waals surface area contributed by atoms with Crippen molar-refractivity contribution in [3.8, 4) is 11.5 Å². The van der Waals surface area contributed by atoms with Crippen LogP contribution in [0.4, 0.5) is 5.69 Å². The molecule has 4 rings (SSSR count). The molecular weight excluding hydrogens is 490 g/mol. The smallest absolute Gasteiger partial charge is 0.300 e. The van der Waals surface area contributed by atoms with Gasteiger partial charge in [-0.3, -0.25) is 14.5 Å². The highest BCUT2D eigenvalue weighted by molar-refractivity contribution is 6.52. The third kappa shape index (κ3) is 5.20. The second-order valence-electron chi connectivity index (χ2n) is 9.50. The Morgan fingerprint density at radius 2 is 1.54 bits per heavy atom. The fourth-order valence-electron chi connectivity index (χ4n) is 4.39. The van der Waals surface area contributed by atoms with E-state index in [1.54, 1.807) is 42.5 Å². The topological polar surface area (TPSA) is 76.1 Å². The molecule has 1 N–H and O–H groups in total. The number of hydrogen-bond acceptors (Lipinski definition) is 5. The first kappa shape index (κ1) is 26.3. The minimum atomic E-state index is -0.875. The van der Waals surface area contributed by atoms with Crippen LogP contribution >= 0.6 is 11.6 Å². The van der Waals surface area contributed by atoms with E-state index < -0.39 is 17.7 Å². The van der Waals surface area contributed by atoms with Gasteiger partial charge in [-0.15, -0.1) is 0 Å². The molecule has 192 valence electrons. The van der Waals surface area contributed by atoms with Crippen LogP contribution in [0.3, 0.4) is 0 Å². The number of methoxy groups -OCH3 is 1. The Balaban J connectivity index is 1.90. The first-order chi connectivity index (χ1) is 17.6. The quantitative estimate of drug-likeness (QED) is 0.209. The number of benzene rings is 3. The first-order valence-corrected chi connectivity index (χ1v) is 12.5. The predicted octanol–water partition coefficient (Wildman–Crippen LogP) is 6.89. The molecule has 7 heteroatoms. The van der Waals surface area contributed by atoms with Gasteiger partial charge in [0.15, 0.2) is 0 Å². The highest BCUT2D eigenvalue weighted by Crippen LogP contribution is 2.44. The van der Waals surface area contributed by atoms with Gasteiger partial charge in [0.05, 0.1) is 29.9 Å². The van der Waals surface area contributed by atoms with Gasteiger partial charge in [-0.1, -0.05) is 49.7 Å². The number of ether oxygens (including phenoxy) is 2. The predicted molar refractivity (Wildman–Crippen MR) is 146 cm³/mol. The zero-order valence-electron chi connectivity index (χ0n) is 21.5. The largest absolute Gasteiger partial charge is 0.507 e. The van der Waals surface area contributed by atoms with E-state index >= 15 is 0 Å². The van der Waals surface area contributed by atoms with Gasteiger partial charge in [0.2, 0.25) is 0 Å². The number of halogens is 1. The third-order valence-electron chi connectivity index (χ3n) is 6.28. The van der Waals surface area contributed by atoms with E-state index in [1.165, 1.54) is 12.0 Å². The van der Waals surface area contributed by atoms with E-state index in [1.807, 2.05) is 38.1 Å². The van der Waals surface area contributed by atoms with Crippen LogP contribution in [-0.4, -0.2) is 30.0 Å². The van der Waals surface area contributed by atoms with E-state index in [0.717, 1.165) is 5.56 Å². The maximum Gasteiger partial charge on any atom is 0.300 e. The van der Waals surface area contributed by atoms with Crippen molar-refractivity contribution in [2.75, 3.05) is 12.0 Å². The van der Waals surface area contributed by atoms with E-state index in [9.17, 15) is 14.7 Å². The summed E-state index contributed by atoms with van der Waals surface area (Å²) in [5, 5.41) is 11.6. The second kappa shape index (κ2) is 10.7. The Hall–Kier alpha value is -3.77. The number of carbonyl (C=O) groups is 2. The lowest BCUT2D eigenvalue weighted by Gasteiger charge is -2.26. The van der Waals surface area contributed by atoms with Crippen molar-refractivity contribution in [1.82, 2.24) is 0 Å². The van der Waals surface area contributed by atoms with Gasteiger partial charge in [-0.05, 0) is 73.4 Å². The van der Waals surface area contributed by atoms with Crippen molar-refractivity contribution in [2.24, 2.45) is 0 Å². The van der Waals surface area contributed by atoms with Crippen molar-refractivity contribution in [3.05, 3.63) is 94.0 Å². The lowest BCUT2D eigenvalue weighted by atomic mass is 9.94. The number of aliphatic hydroxyl groups is 1. The number of nitrogens with zero attached hydrogens (tertiary/aromatic N) is 1. The molecule has 0 aromatic heterocycles. The first-order valence-electron chi connectivity index (χ1n) is 12.1. The Morgan fingerprint density at radius 1 is 0.919 bits per heavy atom. The van der Waals surface area contributed by atoms with Crippen LogP contribution in [0.15, 0.2) is 72.3 Å². The Labute approximate surface area is 222 Å². The second-order valence-corrected chi connectivity index (χ2v) is 9.90. The van der Waals surface area contributed by atoms with Gasteiger partial charge in [0.1, 0.15) is 17.3 Å². The number of Topliss-reactive ketones (excluding diaryl/α,β-unsaturated/α-hetero) is 1. The molecule has 0 saturated carbocycles. The van der Waals surface area contributed by atoms with Gasteiger partial charge < -0.3 is 14.6 Å². The average molecular weight is 520 g/mol. The molecular formula is C30H30ClNO5. The highest BCUT2D eigenvalue weighted by atomic mass is 35.5. The number of amides is 1. The molecule has 6 nitrogen and oxygen atoms in total. The number of anilines is 1. The van der Waals surface area contributed by atoms with Crippen LogP contribution in [0.1, 0.15) is 56.3 Å². The monoisotopic (exact) mass is 519 g/mol. The molecule has 1 aliphatic rings. The van der Waals surface area contributed by atoms with Gasteiger partial charge >= 0.3 is 0 Å². The van der Waals surface area contributed by atoms with Crippen LogP contribution < -0.4 is 14.4 Å². The summed E-state index contributed by atoms with van der Waals surface area (Å²) in [6.07, 6.45) is -0.00818. The van der Waals surface area contributed by atoms with Crippen LogP contribution in [0.5, 0.6) is 11.5 Å². The molecule has 0 bridgehead atoms. The Morgan fingerprint density at radius 3 is 2.11 bits per heavy atom. The van der Waals surface area contributed by atoms with Crippen molar-refractivity contribution >= 4 is 34.7 Å². The lowest BCUT2D eigenvalue weighted by molar-refractivity contribution is -0.132. The standard InChI is InChI=1S/C30H30ClNO5/c1-17(2)19-6-10-21(11-7-19)32-27(20-8-12-22(13-9-20)37-18(3)4)26(29(34)30(32)35)28(33)24-16-23(36-5)14-15-25(24)31/h6-18,27,33H,1-5H3/b28-26+. The normalized spacial score (nSPS) is 17.1. The van der Waals surface area contributed by atoms with Crippen molar-refractivity contribution in [2.45, 2.75) is 45.8 Å². The molecule has 1 amide bonds. The number of hydrogen-bond donors (Lipinski definition) is 1. The summed E-state index contributed by atoms with van der Waals surface area (Å²) in [5.74, 6) is -0.466. The summed E-state index contributed by atoms with van der Waals surface area (Å²) >= 11 is 6.40. The van der Waals surface area contributed by atoms with Crippen LogP contribution in [0.2, 0.25) is 5.02 Å². The fraction of sp³-hybridized carbons (Fsp3) is 0.267. The Bertz CT molecular complexity index is 1340. The minimum Gasteiger partial charge on any atom is -0.507 e. The number of ketones is 1. The lowest BCUT2D eigenvalue weighted by Crippen LogP contribution is -2.29. The number of rotatable bonds is 7. The molecule has 1 saturated heterocycles. The van der Waals surface area contributed by atoms with E-state index in [-0.39, 0.29) is 28.0 Å². The molecule has 37 heavy (non-hydrogen) atoms. The van der Waals surface area contributed by atoms with Crippen LogP contribution in [0.25, 0.3) is 5.76 Å². The SMILES string of the molecule is COc1ccc(Cl)c(/C(O)=C2\C(=O)C(=O)N(c3ccc(C(C)C)cc3)C2c2ccc(OC(C)C)cc2)c1. The molecule has 0 spiro atoms. The summed E-state index contributed by atoms with van der Waals surface area (Å²) in [5.41, 5.74) is 2.46. The van der Waals surface area contributed by atoms with Crippen LogP contribution in [-0.2, 0) is 9.59 Å². The Kier molecular flexibility index (Phi) is 7.60. The van der Waals surface area contributed by atoms with Gasteiger partial charge in [-0.25, -0.2) is 0 Å². The van der Waals surface area contributed by atoms with Crippen molar-refractivity contribution in [1.29, 1.82) is 0 Å². The van der Waals surface area contributed by atoms with E-state index in [0.29, 0.717) is 28.7 Å². The van der Waals surface area contributed by atoms with E-state index in [4.69, 9.17) is 21.1 Å². The number of carbonyl (C=O) groups excluding carboxylic acids is 2. The molecule has 3 aromatic carbocycles. The van der Waals surface area contributed by atoms with Gasteiger partial charge in [-0.2, -0.15) is 0 Å². The third-order valence-corrected chi connectivity index (χ3v) is 6.61. The molecule has 1 fully saturated rings. The summed E-state index contributed by atoms with van der Waals surface area (Å²) in [6.45, 7) is 8.03. The number of aliphatic hydroxyl groups excluding tert-OH is 1. The highest BCUT2D eigenvalue weighted by Gasteiger charge is 2.47. The minimum absolute atomic E-state index is 0.00818. The summed E-state index contributed by atoms with van der Waals surface area (Å²) < 4.78 is 11.0. The zero-order chi connectivity index (χ0) is 26.9. The zero-order valence-corrected chi connectivity index (χ0v) is 22.2. The molecule has 0 aliphatic carbocycles. The molecule has 1 heterocycles. The van der Waals surface area contributed by atoms with Crippen molar-refractivity contribution < 1.29 is 24.2 Å². The molecule has 0 radical (unpaired) electrons.